The zero-order valence-corrected chi connectivity index (χ0v) is 19.3. The number of piperazine rings is 1. The van der Waals surface area contributed by atoms with Crippen LogP contribution in [0.1, 0.15) is 69.8 Å². The van der Waals surface area contributed by atoms with Crippen molar-refractivity contribution >= 4 is 11.8 Å². The summed E-state index contributed by atoms with van der Waals surface area (Å²) in [7, 11) is 0. The molecule has 0 bridgehead atoms. The monoisotopic (exact) mass is 440 g/mol. The van der Waals surface area contributed by atoms with Crippen molar-refractivity contribution in [3.8, 4) is 11.5 Å². The van der Waals surface area contributed by atoms with E-state index in [0.29, 0.717) is 32.1 Å². The van der Waals surface area contributed by atoms with E-state index in [1.54, 1.807) is 0 Å². The minimum absolute atomic E-state index is 0.0658. The average Bonchev–Trinajstić information content (AvgIpc) is 3.51. The molecule has 0 radical (unpaired) electrons. The lowest BCUT2D eigenvalue weighted by Gasteiger charge is -2.38. The molecule has 1 aromatic rings. The van der Waals surface area contributed by atoms with E-state index >= 15 is 0 Å². The van der Waals surface area contributed by atoms with Gasteiger partial charge in [0.25, 0.3) is 0 Å². The van der Waals surface area contributed by atoms with Gasteiger partial charge in [-0.05, 0) is 61.6 Å². The Kier molecular flexibility index (Phi) is 6.29. The van der Waals surface area contributed by atoms with Gasteiger partial charge in [0.1, 0.15) is 0 Å². The van der Waals surface area contributed by atoms with Gasteiger partial charge in [-0.3, -0.25) is 9.59 Å². The van der Waals surface area contributed by atoms with E-state index < -0.39 is 0 Å². The van der Waals surface area contributed by atoms with Gasteiger partial charge in [-0.15, -0.1) is 0 Å². The number of rotatable bonds is 6. The quantitative estimate of drug-likeness (QED) is 0.666. The third-order valence-corrected chi connectivity index (χ3v) is 8.00. The molecule has 4 aliphatic rings. The van der Waals surface area contributed by atoms with Crippen LogP contribution in [0.15, 0.2) is 18.2 Å². The number of fused-ring (bicyclic) bond motifs is 1. The first-order valence-electron chi connectivity index (χ1n) is 12.6. The summed E-state index contributed by atoms with van der Waals surface area (Å²) in [6.07, 6.45) is 9.31. The van der Waals surface area contributed by atoms with Crippen LogP contribution in [0.5, 0.6) is 11.5 Å². The van der Waals surface area contributed by atoms with E-state index in [4.69, 9.17) is 9.47 Å². The van der Waals surface area contributed by atoms with Gasteiger partial charge in [-0.1, -0.05) is 32.3 Å². The molecular weight excluding hydrogens is 404 g/mol. The molecule has 2 saturated carbocycles. The lowest BCUT2D eigenvalue weighted by molar-refractivity contribution is -0.143. The van der Waals surface area contributed by atoms with Gasteiger partial charge in [0, 0.05) is 38.0 Å². The van der Waals surface area contributed by atoms with Crippen LogP contribution in [-0.4, -0.2) is 54.6 Å². The Morgan fingerprint density at radius 1 is 0.938 bits per heavy atom. The van der Waals surface area contributed by atoms with Crippen molar-refractivity contribution in [3.63, 3.8) is 0 Å². The second kappa shape index (κ2) is 9.32. The minimum Gasteiger partial charge on any atom is -0.454 e. The Morgan fingerprint density at radius 3 is 2.34 bits per heavy atom. The van der Waals surface area contributed by atoms with Crippen LogP contribution in [0, 0.1) is 17.8 Å². The maximum Gasteiger partial charge on any atom is 0.231 e. The molecule has 2 unspecified atom stereocenters. The average molecular weight is 441 g/mol. The van der Waals surface area contributed by atoms with Crippen LogP contribution in [0.3, 0.4) is 0 Å². The van der Waals surface area contributed by atoms with Crippen LogP contribution in [0.25, 0.3) is 0 Å². The first kappa shape index (κ1) is 21.6. The van der Waals surface area contributed by atoms with Crippen LogP contribution >= 0.6 is 0 Å². The molecule has 32 heavy (non-hydrogen) atoms. The molecule has 2 atom stereocenters. The highest BCUT2D eigenvalue weighted by molar-refractivity contribution is 5.84. The smallest absolute Gasteiger partial charge is 0.231 e. The largest absolute Gasteiger partial charge is 0.454 e. The van der Waals surface area contributed by atoms with Crippen molar-refractivity contribution in [2.75, 3.05) is 33.0 Å². The van der Waals surface area contributed by atoms with E-state index in [9.17, 15) is 9.59 Å². The predicted octanol–water partition coefficient (Wildman–Crippen LogP) is 4.19. The summed E-state index contributed by atoms with van der Waals surface area (Å²) < 4.78 is 10.9. The van der Waals surface area contributed by atoms with Gasteiger partial charge >= 0.3 is 0 Å². The van der Waals surface area contributed by atoms with Crippen molar-refractivity contribution < 1.29 is 19.1 Å². The van der Waals surface area contributed by atoms with E-state index in [2.05, 4.69) is 13.0 Å². The number of carbonyl (C=O) groups is 2. The SMILES string of the molecule is CCCCC1CCC(C(=O)N2CCN(C(=O)C3CC3c3ccc4c(c3)OCO4)CC2)CC1. The summed E-state index contributed by atoms with van der Waals surface area (Å²) in [6.45, 7) is 5.22. The van der Waals surface area contributed by atoms with Gasteiger partial charge in [0.15, 0.2) is 11.5 Å². The Bertz CT molecular complexity index is 840. The molecule has 3 fully saturated rings. The number of nitrogens with zero attached hydrogens (tertiary/aromatic N) is 2. The summed E-state index contributed by atoms with van der Waals surface area (Å²) in [5, 5.41) is 0. The molecule has 0 N–H and O–H groups in total. The van der Waals surface area contributed by atoms with Crippen LogP contribution < -0.4 is 9.47 Å². The van der Waals surface area contributed by atoms with Gasteiger partial charge in [-0.2, -0.15) is 0 Å². The van der Waals surface area contributed by atoms with Crippen LogP contribution in [0.4, 0.5) is 0 Å². The standard InChI is InChI=1S/C26H36N2O4/c1-2-3-4-18-5-7-19(8-6-18)25(29)27-11-13-28(14-12-27)26(30)22-16-21(22)20-9-10-23-24(15-20)32-17-31-23/h9-10,15,18-19,21-22H,2-8,11-14,16-17H2,1H3. The highest BCUT2D eigenvalue weighted by Gasteiger charge is 2.46. The normalized spacial score (nSPS) is 29.2. The van der Waals surface area contributed by atoms with Crippen molar-refractivity contribution in [2.45, 2.75) is 64.2 Å². The third-order valence-electron chi connectivity index (χ3n) is 8.00. The molecule has 1 saturated heterocycles. The van der Waals surface area contributed by atoms with Gasteiger partial charge in [-0.25, -0.2) is 0 Å². The number of carbonyl (C=O) groups excluding carboxylic acids is 2. The lowest BCUT2D eigenvalue weighted by Crippen LogP contribution is -2.52. The Labute approximate surface area is 191 Å². The maximum absolute atomic E-state index is 13.0. The first-order valence-corrected chi connectivity index (χ1v) is 12.6. The molecule has 0 aromatic heterocycles. The summed E-state index contributed by atoms with van der Waals surface area (Å²) in [5.41, 5.74) is 1.16. The molecule has 6 heteroatoms. The number of hydrogen-bond acceptors (Lipinski definition) is 4. The van der Waals surface area contributed by atoms with Crippen molar-refractivity contribution in [2.24, 2.45) is 17.8 Å². The molecule has 6 nitrogen and oxygen atoms in total. The molecule has 174 valence electrons. The molecule has 2 amide bonds. The number of unbranched alkanes of at least 4 members (excludes halogenated alkanes) is 1. The molecule has 5 rings (SSSR count). The van der Waals surface area contributed by atoms with Gasteiger partial charge < -0.3 is 19.3 Å². The van der Waals surface area contributed by atoms with E-state index in [1.807, 2.05) is 21.9 Å². The third kappa shape index (κ3) is 4.46. The van der Waals surface area contributed by atoms with Crippen molar-refractivity contribution in [1.82, 2.24) is 9.80 Å². The van der Waals surface area contributed by atoms with Crippen LogP contribution in [0.2, 0.25) is 0 Å². The topological polar surface area (TPSA) is 59.1 Å². The molecular formula is C26H36N2O4. The number of amides is 2. The van der Waals surface area contributed by atoms with Crippen LogP contribution in [-0.2, 0) is 9.59 Å². The summed E-state index contributed by atoms with van der Waals surface area (Å²) >= 11 is 0. The number of hydrogen-bond donors (Lipinski definition) is 0. The fourth-order valence-corrected chi connectivity index (χ4v) is 5.81. The summed E-state index contributed by atoms with van der Waals surface area (Å²) in [6, 6.07) is 6.02. The van der Waals surface area contributed by atoms with E-state index in [1.165, 1.54) is 32.1 Å². The van der Waals surface area contributed by atoms with E-state index in [-0.39, 0.29) is 30.5 Å². The van der Waals surface area contributed by atoms with Crippen molar-refractivity contribution in [1.29, 1.82) is 0 Å². The Hall–Kier alpha value is -2.24. The molecule has 2 aliphatic carbocycles. The highest BCUT2D eigenvalue weighted by Crippen LogP contribution is 2.50. The lowest BCUT2D eigenvalue weighted by atomic mass is 9.79. The zero-order chi connectivity index (χ0) is 22.1. The fourth-order valence-electron chi connectivity index (χ4n) is 5.81. The van der Waals surface area contributed by atoms with Crippen molar-refractivity contribution in [3.05, 3.63) is 23.8 Å². The molecule has 1 aromatic carbocycles. The number of benzene rings is 1. The molecule has 2 heterocycles. The predicted molar refractivity (Wildman–Crippen MR) is 122 cm³/mol. The zero-order valence-electron chi connectivity index (χ0n) is 19.3. The van der Waals surface area contributed by atoms with E-state index in [0.717, 1.165) is 42.2 Å². The molecule has 2 aliphatic heterocycles. The maximum atomic E-state index is 13.0. The second-order valence-corrected chi connectivity index (χ2v) is 10.1. The number of ether oxygens (including phenoxy) is 2. The summed E-state index contributed by atoms with van der Waals surface area (Å²) in [4.78, 5) is 30.1. The Balaban J connectivity index is 1.08. The van der Waals surface area contributed by atoms with Gasteiger partial charge in [0.05, 0.1) is 0 Å². The fraction of sp³-hybridized carbons (Fsp3) is 0.692. The first-order chi connectivity index (χ1) is 15.6. The Morgan fingerprint density at radius 2 is 1.62 bits per heavy atom. The highest BCUT2D eigenvalue weighted by atomic mass is 16.7. The molecule has 0 spiro atoms. The van der Waals surface area contributed by atoms with Gasteiger partial charge in [0.2, 0.25) is 18.6 Å². The second-order valence-electron chi connectivity index (χ2n) is 10.1. The summed E-state index contributed by atoms with van der Waals surface area (Å²) in [5.74, 6) is 3.51. The minimum atomic E-state index is 0.0658.